The molecule has 0 heterocycles. The molecule has 3 N–H and O–H groups in total. The van der Waals surface area contributed by atoms with Gasteiger partial charge in [-0.05, 0) is 36.6 Å². The van der Waals surface area contributed by atoms with Crippen molar-refractivity contribution in [2.24, 2.45) is 17.6 Å². The number of halogens is 2. The van der Waals surface area contributed by atoms with E-state index < -0.39 is 6.10 Å². The van der Waals surface area contributed by atoms with Crippen LogP contribution < -0.4 is 5.73 Å². The Labute approximate surface area is 110 Å². The van der Waals surface area contributed by atoms with Crippen LogP contribution in [0.3, 0.4) is 0 Å². The molecule has 0 spiro atoms. The molecule has 0 aliphatic rings. The van der Waals surface area contributed by atoms with Crippen LogP contribution in [0.15, 0.2) is 22.7 Å². The van der Waals surface area contributed by atoms with Crippen LogP contribution in [0.25, 0.3) is 0 Å². The van der Waals surface area contributed by atoms with Gasteiger partial charge >= 0.3 is 0 Å². The zero-order valence-electron chi connectivity index (χ0n) is 10.2. The van der Waals surface area contributed by atoms with E-state index in [2.05, 4.69) is 29.8 Å². The van der Waals surface area contributed by atoms with E-state index in [4.69, 9.17) is 5.73 Å². The lowest BCUT2D eigenvalue weighted by Crippen LogP contribution is -2.23. The first-order valence-electron chi connectivity index (χ1n) is 5.78. The summed E-state index contributed by atoms with van der Waals surface area (Å²) in [7, 11) is 0. The van der Waals surface area contributed by atoms with Gasteiger partial charge in [-0.2, -0.15) is 0 Å². The summed E-state index contributed by atoms with van der Waals surface area (Å²) >= 11 is 3.27. The average molecular weight is 304 g/mol. The highest BCUT2D eigenvalue weighted by Gasteiger charge is 2.22. The molecule has 1 aromatic carbocycles. The maximum Gasteiger partial charge on any atom is 0.124 e. The van der Waals surface area contributed by atoms with Crippen LogP contribution in [0.5, 0.6) is 0 Å². The van der Waals surface area contributed by atoms with Crippen molar-refractivity contribution in [3.05, 3.63) is 34.1 Å². The van der Waals surface area contributed by atoms with Crippen molar-refractivity contribution in [3.63, 3.8) is 0 Å². The summed E-state index contributed by atoms with van der Waals surface area (Å²) in [6.07, 6.45) is 0.193. The lowest BCUT2D eigenvalue weighted by Gasteiger charge is -2.24. The van der Waals surface area contributed by atoms with Crippen LogP contribution in [-0.4, -0.2) is 11.7 Å². The number of aliphatic hydroxyl groups is 1. The van der Waals surface area contributed by atoms with Gasteiger partial charge in [0.2, 0.25) is 0 Å². The van der Waals surface area contributed by atoms with E-state index in [0.717, 1.165) is 6.42 Å². The summed E-state index contributed by atoms with van der Waals surface area (Å²) in [5.74, 6) is 0.148. The first-order valence-corrected chi connectivity index (χ1v) is 6.58. The molecule has 0 saturated heterocycles. The highest BCUT2D eigenvalue weighted by atomic mass is 79.9. The number of hydrogen-bond acceptors (Lipinski definition) is 2. The standard InChI is InChI=1S/C13H19BrFNO/c1-8(2)5-9(7-16)13(17)11-4-3-10(15)6-12(11)14/h3-4,6,8-9,13,17H,5,7,16H2,1-2H3. The average Bonchev–Trinajstić information content (AvgIpc) is 2.24. The fourth-order valence-electron chi connectivity index (χ4n) is 1.95. The normalized spacial score (nSPS) is 15.0. The molecule has 0 radical (unpaired) electrons. The number of nitrogens with two attached hydrogens (primary N) is 1. The third-order valence-electron chi connectivity index (χ3n) is 2.80. The minimum absolute atomic E-state index is 0.00300. The van der Waals surface area contributed by atoms with Gasteiger partial charge in [0, 0.05) is 10.4 Å². The van der Waals surface area contributed by atoms with Gasteiger partial charge in [-0.15, -0.1) is 0 Å². The molecule has 0 fully saturated rings. The van der Waals surface area contributed by atoms with Gasteiger partial charge < -0.3 is 10.8 Å². The molecule has 2 unspecified atom stereocenters. The first kappa shape index (κ1) is 14.6. The zero-order valence-corrected chi connectivity index (χ0v) is 11.7. The van der Waals surface area contributed by atoms with Gasteiger partial charge in [0.15, 0.2) is 0 Å². The molecule has 1 rings (SSSR count). The molecule has 96 valence electrons. The minimum atomic E-state index is -0.655. The van der Waals surface area contributed by atoms with E-state index in [1.165, 1.54) is 12.1 Å². The summed E-state index contributed by atoms with van der Waals surface area (Å²) in [6, 6.07) is 4.32. The van der Waals surface area contributed by atoms with Crippen molar-refractivity contribution in [3.8, 4) is 0 Å². The Kier molecular flexibility index (Phi) is 5.56. The van der Waals surface area contributed by atoms with Crippen molar-refractivity contribution >= 4 is 15.9 Å². The molecular formula is C13H19BrFNO. The van der Waals surface area contributed by atoms with Crippen LogP contribution in [0.4, 0.5) is 4.39 Å². The second-order valence-corrected chi connectivity index (χ2v) is 5.59. The Bertz CT molecular complexity index is 370. The molecule has 0 aromatic heterocycles. The number of benzene rings is 1. The second-order valence-electron chi connectivity index (χ2n) is 4.74. The second kappa shape index (κ2) is 6.47. The van der Waals surface area contributed by atoms with Crippen LogP contribution in [-0.2, 0) is 0 Å². The highest BCUT2D eigenvalue weighted by molar-refractivity contribution is 9.10. The lowest BCUT2D eigenvalue weighted by atomic mass is 9.88. The highest BCUT2D eigenvalue weighted by Crippen LogP contribution is 2.31. The predicted octanol–water partition coefficient (Wildman–Crippen LogP) is 3.24. The smallest absolute Gasteiger partial charge is 0.124 e. The maximum absolute atomic E-state index is 13.0. The van der Waals surface area contributed by atoms with Gasteiger partial charge in [0.05, 0.1) is 6.10 Å². The quantitative estimate of drug-likeness (QED) is 0.877. The molecule has 4 heteroatoms. The van der Waals surface area contributed by atoms with E-state index in [0.29, 0.717) is 22.5 Å². The predicted molar refractivity (Wildman–Crippen MR) is 71.1 cm³/mol. The van der Waals surface area contributed by atoms with E-state index in [1.807, 2.05) is 0 Å². The number of hydrogen-bond donors (Lipinski definition) is 2. The summed E-state index contributed by atoms with van der Waals surface area (Å²) in [5.41, 5.74) is 6.39. The molecule has 17 heavy (non-hydrogen) atoms. The Balaban J connectivity index is 2.89. The third-order valence-corrected chi connectivity index (χ3v) is 3.49. The molecule has 0 aliphatic carbocycles. The van der Waals surface area contributed by atoms with Gasteiger partial charge in [0.1, 0.15) is 5.82 Å². The van der Waals surface area contributed by atoms with Crippen molar-refractivity contribution in [1.82, 2.24) is 0 Å². The van der Waals surface area contributed by atoms with Crippen LogP contribution >= 0.6 is 15.9 Å². The molecule has 2 nitrogen and oxygen atoms in total. The van der Waals surface area contributed by atoms with Crippen LogP contribution in [0, 0.1) is 17.7 Å². The van der Waals surface area contributed by atoms with Crippen LogP contribution in [0.2, 0.25) is 0 Å². The van der Waals surface area contributed by atoms with Gasteiger partial charge in [0.25, 0.3) is 0 Å². The van der Waals surface area contributed by atoms with E-state index in [1.54, 1.807) is 6.07 Å². The Morgan fingerprint density at radius 2 is 2.06 bits per heavy atom. The molecule has 1 aromatic rings. The monoisotopic (exact) mass is 303 g/mol. The maximum atomic E-state index is 13.0. The fourth-order valence-corrected chi connectivity index (χ4v) is 2.54. The minimum Gasteiger partial charge on any atom is -0.388 e. The van der Waals surface area contributed by atoms with Gasteiger partial charge in [-0.25, -0.2) is 4.39 Å². The summed E-state index contributed by atoms with van der Waals surface area (Å²) < 4.78 is 13.6. The van der Waals surface area contributed by atoms with Crippen molar-refractivity contribution in [2.45, 2.75) is 26.4 Å². The molecule has 0 aliphatic heterocycles. The first-order chi connectivity index (χ1) is 7.95. The Morgan fingerprint density at radius 3 is 2.53 bits per heavy atom. The summed E-state index contributed by atoms with van der Waals surface area (Å²) in [6.45, 7) is 4.60. The van der Waals surface area contributed by atoms with Crippen molar-refractivity contribution < 1.29 is 9.50 Å². The largest absolute Gasteiger partial charge is 0.388 e. The van der Waals surface area contributed by atoms with E-state index in [-0.39, 0.29) is 11.7 Å². The SMILES string of the molecule is CC(C)CC(CN)C(O)c1ccc(F)cc1Br. The molecule has 0 saturated carbocycles. The van der Waals surface area contributed by atoms with Crippen molar-refractivity contribution in [1.29, 1.82) is 0 Å². The summed E-state index contributed by atoms with van der Waals surface area (Å²) in [5, 5.41) is 10.3. The fraction of sp³-hybridized carbons (Fsp3) is 0.538. The lowest BCUT2D eigenvalue weighted by molar-refractivity contribution is 0.0988. The van der Waals surface area contributed by atoms with Gasteiger partial charge in [-0.1, -0.05) is 35.8 Å². The Hall–Kier alpha value is -0.450. The molecule has 2 atom stereocenters. The zero-order chi connectivity index (χ0) is 13.0. The molecular weight excluding hydrogens is 285 g/mol. The van der Waals surface area contributed by atoms with E-state index in [9.17, 15) is 9.50 Å². The number of aliphatic hydroxyl groups excluding tert-OH is 1. The van der Waals surface area contributed by atoms with E-state index >= 15 is 0 Å². The van der Waals surface area contributed by atoms with Crippen LogP contribution in [0.1, 0.15) is 31.9 Å². The molecule has 0 bridgehead atoms. The number of rotatable bonds is 5. The Morgan fingerprint density at radius 1 is 1.41 bits per heavy atom. The third kappa shape index (κ3) is 4.05. The summed E-state index contributed by atoms with van der Waals surface area (Å²) in [4.78, 5) is 0. The molecule has 0 amide bonds. The van der Waals surface area contributed by atoms with Gasteiger partial charge in [-0.3, -0.25) is 0 Å². The van der Waals surface area contributed by atoms with Crippen molar-refractivity contribution in [2.75, 3.05) is 6.54 Å². The topological polar surface area (TPSA) is 46.2 Å².